The number of hydrogen-bond acceptors (Lipinski definition) is 3. The minimum atomic E-state index is -0.289. The van der Waals surface area contributed by atoms with E-state index in [4.69, 9.17) is 11.6 Å². The Balaban J connectivity index is 1.72. The van der Waals surface area contributed by atoms with Gasteiger partial charge in [-0.3, -0.25) is 14.6 Å². The highest BCUT2D eigenvalue weighted by atomic mass is 35.5. The van der Waals surface area contributed by atoms with Crippen LogP contribution >= 0.6 is 11.6 Å². The van der Waals surface area contributed by atoms with Gasteiger partial charge < -0.3 is 5.32 Å². The van der Waals surface area contributed by atoms with Gasteiger partial charge in [0.2, 0.25) is 0 Å². The normalized spacial score (nSPS) is 10.7. The highest BCUT2D eigenvalue weighted by molar-refractivity contribution is 6.34. The Labute approximate surface area is 156 Å². The molecule has 1 heterocycles. The van der Waals surface area contributed by atoms with Crippen molar-refractivity contribution in [2.75, 3.05) is 5.32 Å². The summed E-state index contributed by atoms with van der Waals surface area (Å²) >= 11 is 6.04. The fourth-order valence-electron chi connectivity index (χ4n) is 2.34. The molecule has 0 aliphatic carbocycles. The molecule has 0 aliphatic heterocycles. The molecular weight excluding hydrogens is 348 g/mol. The van der Waals surface area contributed by atoms with Gasteiger partial charge in [-0.25, -0.2) is 0 Å². The number of allylic oxidation sites excluding steroid dienone is 1. The SMILES string of the molecule is O=C(/C=C/c1cccc(NC(=O)c2ccccc2Cl)c1)c1cccnc1. The number of hydrogen-bond donors (Lipinski definition) is 1. The number of pyridine rings is 1. The molecule has 0 aliphatic rings. The van der Waals surface area contributed by atoms with Crippen molar-refractivity contribution in [2.24, 2.45) is 0 Å². The summed E-state index contributed by atoms with van der Waals surface area (Å²) in [6.07, 6.45) is 6.31. The van der Waals surface area contributed by atoms with E-state index in [1.54, 1.807) is 66.9 Å². The van der Waals surface area contributed by atoms with Crippen LogP contribution in [0.3, 0.4) is 0 Å². The maximum atomic E-state index is 12.3. The number of aromatic nitrogens is 1. The molecule has 4 nitrogen and oxygen atoms in total. The molecular formula is C21H15ClN2O2. The maximum Gasteiger partial charge on any atom is 0.257 e. The van der Waals surface area contributed by atoms with Gasteiger partial charge in [0.1, 0.15) is 0 Å². The first-order chi connectivity index (χ1) is 12.6. The average Bonchev–Trinajstić information content (AvgIpc) is 2.67. The van der Waals surface area contributed by atoms with Crippen molar-refractivity contribution < 1.29 is 9.59 Å². The van der Waals surface area contributed by atoms with Gasteiger partial charge in [-0.2, -0.15) is 0 Å². The first-order valence-corrected chi connectivity index (χ1v) is 8.30. The number of carbonyl (C=O) groups is 2. The smallest absolute Gasteiger partial charge is 0.257 e. The lowest BCUT2D eigenvalue weighted by Crippen LogP contribution is -2.12. The van der Waals surface area contributed by atoms with Crippen molar-refractivity contribution in [1.82, 2.24) is 4.98 Å². The molecule has 0 spiro atoms. The molecule has 3 aromatic rings. The zero-order valence-electron chi connectivity index (χ0n) is 13.7. The Morgan fingerprint density at radius 1 is 1.00 bits per heavy atom. The molecule has 0 radical (unpaired) electrons. The lowest BCUT2D eigenvalue weighted by Gasteiger charge is -2.07. The minimum absolute atomic E-state index is 0.136. The summed E-state index contributed by atoms with van der Waals surface area (Å²) in [7, 11) is 0. The second kappa shape index (κ2) is 8.23. The van der Waals surface area contributed by atoms with Gasteiger partial charge in [-0.05, 0) is 48.0 Å². The Morgan fingerprint density at radius 3 is 2.62 bits per heavy atom. The van der Waals surface area contributed by atoms with E-state index < -0.39 is 0 Å². The van der Waals surface area contributed by atoms with Crippen LogP contribution in [0.25, 0.3) is 6.08 Å². The summed E-state index contributed by atoms with van der Waals surface area (Å²) in [5, 5.41) is 3.20. The molecule has 2 aromatic carbocycles. The molecule has 1 aromatic heterocycles. The number of nitrogens with zero attached hydrogens (tertiary/aromatic N) is 1. The third-order valence-electron chi connectivity index (χ3n) is 3.64. The predicted molar refractivity (Wildman–Crippen MR) is 103 cm³/mol. The van der Waals surface area contributed by atoms with Crippen LogP contribution in [-0.2, 0) is 0 Å². The summed E-state index contributed by atoms with van der Waals surface area (Å²) in [5.74, 6) is -0.424. The van der Waals surface area contributed by atoms with Crippen LogP contribution in [0.5, 0.6) is 0 Å². The molecule has 5 heteroatoms. The average molecular weight is 363 g/mol. The fraction of sp³-hybridized carbons (Fsp3) is 0. The number of halogens is 1. The van der Waals surface area contributed by atoms with Crippen molar-refractivity contribution in [3.05, 3.63) is 101 Å². The number of amides is 1. The molecule has 0 fully saturated rings. The van der Waals surface area contributed by atoms with Crippen LogP contribution in [0.15, 0.2) is 79.1 Å². The van der Waals surface area contributed by atoms with Gasteiger partial charge in [0.25, 0.3) is 5.91 Å². The highest BCUT2D eigenvalue weighted by Crippen LogP contribution is 2.18. The van der Waals surface area contributed by atoms with E-state index in [2.05, 4.69) is 10.3 Å². The molecule has 0 bridgehead atoms. The molecule has 0 saturated heterocycles. The number of rotatable bonds is 5. The number of benzene rings is 2. The fourth-order valence-corrected chi connectivity index (χ4v) is 2.56. The number of anilines is 1. The molecule has 128 valence electrons. The largest absolute Gasteiger partial charge is 0.322 e. The lowest BCUT2D eigenvalue weighted by molar-refractivity contribution is 0.102. The molecule has 0 saturated carbocycles. The van der Waals surface area contributed by atoms with Crippen molar-refractivity contribution in [3.8, 4) is 0 Å². The van der Waals surface area contributed by atoms with Gasteiger partial charge in [-0.1, -0.05) is 41.9 Å². The Hall–Kier alpha value is -3.24. The lowest BCUT2D eigenvalue weighted by atomic mass is 10.1. The topological polar surface area (TPSA) is 59.1 Å². The van der Waals surface area contributed by atoms with Crippen LogP contribution in [0.1, 0.15) is 26.3 Å². The summed E-state index contributed by atoms with van der Waals surface area (Å²) in [6, 6.07) is 17.5. The molecule has 1 N–H and O–H groups in total. The quantitative estimate of drug-likeness (QED) is 0.519. The monoisotopic (exact) mass is 362 g/mol. The van der Waals surface area contributed by atoms with Gasteiger partial charge in [-0.15, -0.1) is 0 Å². The standard InChI is InChI=1S/C21H15ClN2O2/c22-19-9-2-1-8-18(19)21(26)24-17-7-3-5-15(13-17)10-11-20(25)16-6-4-12-23-14-16/h1-14H,(H,24,26)/b11-10+. The molecule has 3 rings (SSSR count). The van der Waals surface area contributed by atoms with Crippen LogP contribution < -0.4 is 5.32 Å². The van der Waals surface area contributed by atoms with Crippen LogP contribution in [0, 0.1) is 0 Å². The number of carbonyl (C=O) groups excluding carboxylic acids is 2. The zero-order valence-corrected chi connectivity index (χ0v) is 14.5. The van der Waals surface area contributed by atoms with E-state index >= 15 is 0 Å². The van der Waals surface area contributed by atoms with E-state index in [0.717, 1.165) is 5.56 Å². The van der Waals surface area contributed by atoms with Gasteiger partial charge >= 0.3 is 0 Å². The predicted octanol–water partition coefficient (Wildman–Crippen LogP) is 4.88. The summed E-state index contributed by atoms with van der Waals surface area (Å²) in [4.78, 5) is 28.3. The number of nitrogens with one attached hydrogen (secondary N) is 1. The van der Waals surface area contributed by atoms with Crippen molar-refractivity contribution in [3.63, 3.8) is 0 Å². The van der Waals surface area contributed by atoms with Gasteiger partial charge in [0.15, 0.2) is 5.78 Å². The number of ketones is 1. The minimum Gasteiger partial charge on any atom is -0.322 e. The van der Waals surface area contributed by atoms with E-state index in [0.29, 0.717) is 21.8 Å². The Morgan fingerprint density at radius 2 is 1.85 bits per heavy atom. The molecule has 1 amide bonds. The zero-order chi connectivity index (χ0) is 18.4. The van der Waals surface area contributed by atoms with E-state index in [1.165, 1.54) is 12.3 Å². The highest BCUT2D eigenvalue weighted by Gasteiger charge is 2.09. The second-order valence-corrected chi connectivity index (χ2v) is 5.91. The van der Waals surface area contributed by atoms with Crippen LogP contribution in [0.4, 0.5) is 5.69 Å². The molecule has 0 unspecified atom stereocenters. The van der Waals surface area contributed by atoms with Crippen LogP contribution in [0.2, 0.25) is 5.02 Å². The van der Waals surface area contributed by atoms with Gasteiger partial charge in [0, 0.05) is 23.6 Å². The van der Waals surface area contributed by atoms with Crippen molar-refractivity contribution >= 4 is 35.1 Å². The first-order valence-electron chi connectivity index (χ1n) is 7.92. The van der Waals surface area contributed by atoms with E-state index in [9.17, 15) is 9.59 Å². The van der Waals surface area contributed by atoms with Crippen LogP contribution in [-0.4, -0.2) is 16.7 Å². The second-order valence-electron chi connectivity index (χ2n) is 5.50. The summed E-state index contributed by atoms with van der Waals surface area (Å²) in [6.45, 7) is 0. The third kappa shape index (κ3) is 4.43. The molecule has 0 atom stereocenters. The van der Waals surface area contributed by atoms with Crippen molar-refractivity contribution in [1.29, 1.82) is 0 Å². The first kappa shape index (κ1) is 17.6. The maximum absolute atomic E-state index is 12.3. The summed E-state index contributed by atoms with van der Waals surface area (Å²) < 4.78 is 0. The van der Waals surface area contributed by atoms with Crippen molar-refractivity contribution in [2.45, 2.75) is 0 Å². The Kier molecular flexibility index (Phi) is 5.56. The summed E-state index contributed by atoms with van der Waals surface area (Å²) in [5.41, 5.74) is 2.33. The third-order valence-corrected chi connectivity index (χ3v) is 3.97. The van der Waals surface area contributed by atoms with Gasteiger partial charge in [0.05, 0.1) is 10.6 Å². The van der Waals surface area contributed by atoms with E-state index in [1.807, 2.05) is 6.07 Å². The Bertz CT molecular complexity index is 969. The molecule has 26 heavy (non-hydrogen) atoms. The van der Waals surface area contributed by atoms with E-state index in [-0.39, 0.29) is 11.7 Å².